The van der Waals surface area contributed by atoms with Crippen LogP contribution in [0.5, 0.6) is 17.2 Å². The van der Waals surface area contributed by atoms with Gasteiger partial charge in [0.1, 0.15) is 11.4 Å². The van der Waals surface area contributed by atoms with Gasteiger partial charge in [-0.05, 0) is 53.6 Å². The molecular formula is C26H20Cl2N2O7. The number of methoxy groups -OCH3 is 1. The van der Waals surface area contributed by atoms with Crippen LogP contribution in [0.3, 0.4) is 0 Å². The maximum atomic E-state index is 12.9. The number of esters is 1. The summed E-state index contributed by atoms with van der Waals surface area (Å²) in [5, 5.41) is 15.0. The zero-order valence-corrected chi connectivity index (χ0v) is 20.9. The second kappa shape index (κ2) is 11.2. The highest BCUT2D eigenvalue weighted by Crippen LogP contribution is 2.37. The van der Waals surface area contributed by atoms with Crippen molar-refractivity contribution in [3.63, 3.8) is 0 Å². The predicted molar refractivity (Wildman–Crippen MR) is 136 cm³/mol. The summed E-state index contributed by atoms with van der Waals surface area (Å²) in [4.78, 5) is 37.8. The van der Waals surface area contributed by atoms with Gasteiger partial charge in [0.05, 0.1) is 22.7 Å². The predicted octanol–water partition coefficient (Wildman–Crippen LogP) is 4.30. The summed E-state index contributed by atoms with van der Waals surface area (Å²) in [6.45, 7) is 0.227. The van der Waals surface area contributed by atoms with E-state index in [-0.39, 0.29) is 46.0 Å². The molecule has 0 saturated carbocycles. The Balaban J connectivity index is 1.50. The number of amides is 2. The van der Waals surface area contributed by atoms with E-state index in [1.807, 2.05) is 0 Å². The SMILES string of the molecule is COC(=O)C(=Cc1cc2c(cc1Cl)OCO2)NC(=O)c1ccc(C(=O)NCc2cccc(O)c2)cc1Cl. The van der Waals surface area contributed by atoms with E-state index in [0.29, 0.717) is 22.6 Å². The molecule has 9 nitrogen and oxygen atoms in total. The van der Waals surface area contributed by atoms with Crippen molar-refractivity contribution >= 4 is 47.1 Å². The molecule has 37 heavy (non-hydrogen) atoms. The zero-order chi connectivity index (χ0) is 26.5. The van der Waals surface area contributed by atoms with E-state index in [2.05, 4.69) is 10.6 Å². The zero-order valence-electron chi connectivity index (χ0n) is 19.3. The number of ether oxygens (including phenoxy) is 3. The molecule has 0 bridgehead atoms. The Hall–Kier alpha value is -4.21. The van der Waals surface area contributed by atoms with E-state index < -0.39 is 17.8 Å². The first-order valence-corrected chi connectivity index (χ1v) is 11.6. The summed E-state index contributed by atoms with van der Waals surface area (Å²) in [6, 6.07) is 13.7. The van der Waals surface area contributed by atoms with E-state index in [1.54, 1.807) is 18.2 Å². The number of halogens is 2. The van der Waals surface area contributed by atoms with Crippen LogP contribution in [0.15, 0.2) is 60.3 Å². The normalized spacial score (nSPS) is 12.1. The number of phenols is 1. The Kier molecular flexibility index (Phi) is 7.86. The Morgan fingerprint density at radius 3 is 2.46 bits per heavy atom. The lowest BCUT2D eigenvalue weighted by Crippen LogP contribution is -2.28. The fourth-order valence-corrected chi connectivity index (χ4v) is 3.91. The topological polar surface area (TPSA) is 123 Å². The van der Waals surface area contributed by atoms with E-state index >= 15 is 0 Å². The molecule has 190 valence electrons. The van der Waals surface area contributed by atoms with Crippen molar-refractivity contribution in [1.82, 2.24) is 10.6 Å². The number of carbonyl (C=O) groups is 3. The van der Waals surface area contributed by atoms with E-state index in [0.717, 1.165) is 0 Å². The Morgan fingerprint density at radius 2 is 1.76 bits per heavy atom. The van der Waals surface area contributed by atoms with E-state index in [4.69, 9.17) is 37.4 Å². The standard InChI is InChI=1S/C26H20Cl2N2O7/c1-35-26(34)21(9-16-10-22-23(11-19(16)27)37-13-36-22)30-25(33)18-6-5-15(8-20(18)28)24(32)29-12-14-3-2-4-17(31)7-14/h2-11,31H,12-13H2,1H3,(H,29,32)(H,30,33). The molecule has 0 aliphatic carbocycles. The van der Waals surface area contributed by atoms with Crippen LogP contribution in [0, 0.1) is 0 Å². The minimum Gasteiger partial charge on any atom is -0.508 e. The van der Waals surface area contributed by atoms with Crippen molar-refractivity contribution in [3.8, 4) is 17.2 Å². The van der Waals surface area contributed by atoms with Gasteiger partial charge in [0.25, 0.3) is 11.8 Å². The van der Waals surface area contributed by atoms with E-state index in [1.165, 1.54) is 49.6 Å². The molecule has 4 rings (SSSR count). The molecule has 1 heterocycles. The number of benzene rings is 3. The van der Waals surface area contributed by atoms with Gasteiger partial charge < -0.3 is 30.0 Å². The first-order valence-electron chi connectivity index (χ1n) is 10.8. The largest absolute Gasteiger partial charge is 0.508 e. The molecule has 1 aliphatic heterocycles. The lowest BCUT2D eigenvalue weighted by atomic mass is 10.1. The van der Waals surface area contributed by atoms with Crippen LogP contribution in [-0.2, 0) is 16.1 Å². The second-order valence-corrected chi connectivity index (χ2v) is 8.59. The molecule has 1 aliphatic rings. The number of fused-ring (bicyclic) bond motifs is 1. The van der Waals surface area contributed by atoms with Crippen molar-refractivity contribution < 1.29 is 33.7 Å². The summed E-state index contributed by atoms with van der Waals surface area (Å²) < 4.78 is 15.4. The third-order valence-corrected chi connectivity index (χ3v) is 5.92. The van der Waals surface area contributed by atoms with Gasteiger partial charge in [-0.3, -0.25) is 9.59 Å². The number of rotatable bonds is 7. The molecule has 3 aromatic carbocycles. The highest BCUT2D eigenvalue weighted by molar-refractivity contribution is 6.34. The second-order valence-electron chi connectivity index (χ2n) is 7.78. The van der Waals surface area contributed by atoms with Crippen LogP contribution in [0.25, 0.3) is 6.08 Å². The fourth-order valence-electron chi connectivity index (χ4n) is 3.44. The summed E-state index contributed by atoms with van der Waals surface area (Å²) >= 11 is 12.6. The minimum absolute atomic E-state index is 0.00664. The number of aromatic hydroxyl groups is 1. The lowest BCUT2D eigenvalue weighted by Gasteiger charge is -2.11. The molecule has 0 saturated heterocycles. The van der Waals surface area contributed by atoms with Gasteiger partial charge in [-0.25, -0.2) is 4.79 Å². The van der Waals surface area contributed by atoms with Crippen molar-refractivity contribution in [2.75, 3.05) is 13.9 Å². The van der Waals surface area contributed by atoms with Gasteiger partial charge in [0.15, 0.2) is 11.5 Å². The molecule has 0 aromatic heterocycles. The highest BCUT2D eigenvalue weighted by Gasteiger charge is 2.21. The van der Waals surface area contributed by atoms with Crippen LogP contribution < -0.4 is 20.1 Å². The smallest absolute Gasteiger partial charge is 0.354 e. The van der Waals surface area contributed by atoms with Gasteiger partial charge in [0, 0.05) is 18.2 Å². The molecule has 3 N–H and O–H groups in total. The first kappa shape index (κ1) is 25.9. The third-order valence-electron chi connectivity index (χ3n) is 5.28. The van der Waals surface area contributed by atoms with Gasteiger partial charge >= 0.3 is 5.97 Å². The molecule has 11 heteroatoms. The van der Waals surface area contributed by atoms with Crippen LogP contribution in [0.4, 0.5) is 0 Å². The van der Waals surface area contributed by atoms with Gasteiger partial charge in [-0.1, -0.05) is 35.3 Å². The Bertz CT molecular complexity index is 1420. The van der Waals surface area contributed by atoms with Crippen LogP contribution in [0.2, 0.25) is 10.0 Å². The van der Waals surface area contributed by atoms with Crippen molar-refractivity contribution in [2.45, 2.75) is 6.54 Å². The number of hydrogen-bond acceptors (Lipinski definition) is 7. The summed E-state index contributed by atoms with van der Waals surface area (Å²) in [7, 11) is 1.17. The van der Waals surface area contributed by atoms with Crippen molar-refractivity contribution in [2.24, 2.45) is 0 Å². The van der Waals surface area contributed by atoms with Crippen LogP contribution in [0.1, 0.15) is 31.8 Å². The number of hydrogen-bond donors (Lipinski definition) is 3. The van der Waals surface area contributed by atoms with Gasteiger partial charge in [-0.2, -0.15) is 0 Å². The number of phenolic OH excluding ortho intramolecular Hbond substituents is 1. The molecule has 3 aromatic rings. The van der Waals surface area contributed by atoms with Crippen LogP contribution in [-0.4, -0.2) is 36.8 Å². The number of nitrogens with one attached hydrogen (secondary N) is 2. The van der Waals surface area contributed by atoms with E-state index in [9.17, 15) is 19.5 Å². The molecule has 2 amide bonds. The van der Waals surface area contributed by atoms with Crippen molar-refractivity contribution in [1.29, 1.82) is 0 Å². The first-order chi connectivity index (χ1) is 17.7. The Morgan fingerprint density at radius 1 is 1.00 bits per heavy atom. The lowest BCUT2D eigenvalue weighted by molar-refractivity contribution is -0.136. The average molecular weight is 543 g/mol. The summed E-state index contributed by atoms with van der Waals surface area (Å²) in [5.41, 5.74) is 1.14. The summed E-state index contributed by atoms with van der Waals surface area (Å²) in [6.07, 6.45) is 1.34. The third kappa shape index (κ3) is 6.14. The quantitative estimate of drug-likeness (QED) is 0.300. The van der Waals surface area contributed by atoms with Gasteiger partial charge in [0.2, 0.25) is 6.79 Å². The maximum Gasteiger partial charge on any atom is 0.354 e. The molecule has 0 unspecified atom stereocenters. The highest BCUT2D eigenvalue weighted by atomic mass is 35.5. The fraction of sp³-hybridized carbons (Fsp3) is 0.115. The monoisotopic (exact) mass is 542 g/mol. The van der Waals surface area contributed by atoms with Gasteiger partial charge in [-0.15, -0.1) is 0 Å². The summed E-state index contributed by atoms with van der Waals surface area (Å²) in [5.74, 6) is -0.960. The number of carbonyl (C=O) groups excluding carboxylic acids is 3. The molecule has 0 atom stereocenters. The molecule has 0 spiro atoms. The van der Waals surface area contributed by atoms with Crippen LogP contribution >= 0.6 is 23.2 Å². The minimum atomic E-state index is -0.818. The Labute approximate surface area is 221 Å². The maximum absolute atomic E-state index is 12.9. The molecule has 0 fully saturated rings. The molecular weight excluding hydrogens is 523 g/mol. The molecule has 0 radical (unpaired) electrons. The average Bonchev–Trinajstić information content (AvgIpc) is 3.33. The van der Waals surface area contributed by atoms with Crippen molar-refractivity contribution in [3.05, 3.63) is 92.6 Å².